The van der Waals surface area contributed by atoms with Crippen molar-refractivity contribution in [2.24, 2.45) is 0 Å². The molecule has 0 bridgehead atoms. The zero-order valence-electron chi connectivity index (χ0n) is 19.0. The lowest BCUT2D eigenvalue weighted by Gasteiger charge is -2.29. The average molecular weight is 441 g/mol. The van der Waals surface area contributed by atoms with Gasteiger partial charge in [0, 0.05) is 13.1 Å². The highest BCUT2D eigenvalue weighted by Gasteiger charge is 2.44. The van der Waals surface area contributed by atoms with E-state index in [4.69, 9.17) is 9.15 Å². The molecule has 0 radical (unpaired) electrons. The van der Waals surface area contributed by atoms with Gasteiger partial charge >= 0.3 is 0 Å². The lowest BCUT2D eigenvalue weighted by atomic mass is 9.95. The van der Waals surface area contributed by atoms with Gasteiger partial charge in [-0.1, -0.05) is 39.3 Å². The topological polar surface area (TPSA) is 83.2 Å². The van der Waals surface area contributed by atoms with Crippen molar-refractivity contribution >= 4 is 11.7 Å². The number of rotatable bonds is 12. The fourth-order valence-corrected chi connectivity index (χ4v) is 3.87. The third kappa shape index (κ3) is 5.05. The molecule has 3 rings (SSSR count). The highest BCUT2D eigenvalue weighted by molar-refractivity contribution is 6.15. The van der Waals surface area contributed by atoms with Crippen molar-refractivity contribution in [2.75, 3.05) is 32.8 Å². The summed E-state index contributed by atoms with van der Waals surface area (Å²) < 4.78 is 11.0. The van der Waals surface area contributed by atoms with Gasteiger partial charge in [-0.2, -0.15) is 0 Å². The fourth-order valence-electron chi connectivity index (χ4n) is 3.87. The summed E-state index contributed by atoms with van der Waals surface area (Å²) in [5, 5.41) is 10.7. The minimum atomic E-state index is -0.694. The molecule has 32 heavy (non-hydrogen) atoms. The molecule has 1 aromatic carbocycles. The molecule has 1 atom stereocenters. The number of ether oxygens (including phenoxy) is 1. The summed E-state index contributed by atoms with van der Waals surface area (Å²) in [4.78, 5) is 29.9. The van der Waals surface area contributed by atoms with Crippen LogP contribution in [0.2, 0.25) is 0 Å². The Labute approximate surface area is 189 Å². The van der Waals surface area contributed by atoms with E-state index < -0.39 is 23.5 Å². The molecular formula is C25H32N2O5. The zero-order valence-corrected chi connectivity index (χ0v) is 19.0. The van der Waals surface area contributed by atoms with Gasteiger partial charge in [0.1, 0.15) is 5.75 Å². The van der Waals surface area contributed by atoms with Gasteiger partial charge in [-0.05, 0) is 49.3 Å². The number of Topliss-reactive ketones (excluding diaryl/α,β-unsaturated/α-hetero) is 1. The van der Waals surface area contributed by atoms with Gasteiger partial charge in [-0.25, -0.2) is 0 Å². The van der Waals surface area contributed by atoms with Crippen molar-refractivity contribution in [1.82, 2.24) is 9.80 Å². The van der Waals surface area contributed by atoms with Gasteiger partial charge in [0.2, 0.25) is 5.78 Å². The molecule has 1 aliphatic rings. The second-order valence-corrected chi connectivity index (χ2v) is 7.77. The van der Waals surface area contributed by atoms with Crippen LogP contribution in [-0.2, 0) is 4.79 Å². The number of nitrogens with zero attached hydrogens (tertiary/aromatic N) is 2. The van der Waals surface area contributed by atoms with Crippen molar-refractivity contribution in [3.05, 3.63) is 65.3 Å². The van der Waals surface area contributed by atoms with Gasteiger partial charge in [0.15, 0.2) is 11.5 Å². The Morgan fingerprint density at radius 3 is 2.47 bits per heavy atom. The standard InChI is InChI=1S/C25H32N2O5/c1-4-7-16-31-19-12-10-18(11-13-19)22-21(23(28)20-9-8-17-32-20)24(29)25(30)27(22)15-14-26(5-2)6-3/h8-13,17,22,29H,4-7,14-16H2,1-3H3/t22-/m1/s1. The summed E-state index contributed by atoms with van der Waals surface area (Å²) in [7, 11) is 0. The lowest BCUT2D eigenvalue weighted by Crippen LogP contribution is -2.38. The summed E-state index contributed by atoms with van der Waals surface area (Å²) in [6.45, 7) is 9.59. The maximum Gasteiger partial charge on any atom is 0.290 e. The first kappa shape index (κ1) is 23.6. The molecule has 1 aliphatic heterocycles. The largest absolute Gasteiger partial charge is 0.503 e. The Kier molecular flexibility index (Phi) is 8.11. The molecule has 0 saturated carbocycles. The van der Waals surface area contributed by atoms with Crippen LogP contribution >= 0.6 is 0 Å². The van der Waals surface area contributed by atoms with Crippen LogP contribution in [0.15, 0.2) is 58.4 Å². The van der Waals surface area contributed by atoms with Crippen LogP contribution in [0.3, 0.4) is 0 Å². The maximum absolute atomic E-state index is 13.2. The predicted molar refractivity (Wildman–Crippen MR) is 122 cm³/mol. The van der Waals surface area contributed by atoms with Crippen LogP contribution in [0.25, 0.3) is 0 Å². The summed E-state index contributed by atoms with van der Waals surface area (Å²) in [5.41, 5.74) is 0.781. The second-order valence-electron chi connectivity index (χ2n) is 7.77. The summed E-state index contributed by atoms with van der Waals surface area (Å²) in [6, 6.07) is 9.81. The van der Waals surface area contributed by atoms with Gasteiger partial charge in [-0.15, -0.1) is 0 Å². The Bertz CT molecular complexity index is 930. The molecule has 0 spiro atoms. The van der Waals surface area contributed by atoms with E-state index in [0.717, 1.165) is 37.2 Å². The van der Waals surface area contributed by atoms with Crippen LogP contribution in [0.4, 0.5) is 0 Å². The number of likely N-dealkylation sites (N-methyl/N-ethyl adjacent to an activating group) is 1. The molecule has 0 saturated heterocycles. The number of amides is 1. The number of hydrogen-bond donors (Lipinski definition) is 1. The molecular weight excluding hydrogens is 408 g/mol. The monoisotopic (exact) mass is 440 g/mol. The maximum atomic E-state index is 13.2. The van der Waals surface area contributed by atoms with Crippen molar-refractivity contribution < 1.29 is 23.8 Å². The molecule has 7 heteroatoms. The van der Waals surface area contributed by atoms with E-state index in [2.05, 4.69) is 25.7 Å². The molecule has 172 valence electrons. The molecule has 1 amide bonds. The number of carbonyl (C=O) groups excluding carboxylic acids is 2. The third-order valence-corrected chi connectivity index (χ3v) is 5.81. The average Bonchev–Trinajstić information content (AvgIpc) is 3.43. The highest BCUT2D eigenvalue weighted by atomic mass is 16.5. The first-order valence-electron chi connectivity index (χ1n) is 11.3. The minimum Gasteiger partial charge on any atom is -0.503 e. The van der Waals surface area contributed by atoms with Gasteiger partial charge in [0.05, 0.1) is 24.5 Å². The normalized spacial score (nSPS) is 16.3. The van der Waals surface area contributed by atoms with Crippen LogP contribution in [0.5, 0.6) is 5.75 Å². The van der Waals surface area contributed by atoms with Crippen molar-refractivity contribution in [2.45, 2.75) is 39.7 Å². The van der Waals surface area contributed by atoms with Gasteiger partial charge < -0.3 is 24.1 Å². The van der Waals surface area contributed by atoms with E-state index in [1.807, 2.05) is 24.3 Å². The Morgan fingerprint density at radius 1 is 1.16 bits per heavy atom. The molecule has 2 aromatic rings. The van der Waals surface area contributed by atoms with Crippen LogP contribution < -0.4 is 4.74 Å². The zero-order chi connectivity index (χ0) is 23.1. The SMILES string of the molecule is CCCCOc1ccc([C@@H]2C(C(=O)c3ccco3)=C(O)C(=O)N2CCN(CC)CC)cc1. The number of carbonyl (C=O) groups is 2. The van der Waals surface area contributed by atoms with E-state index in [-0.39, 0.29) is 11.3 Å². The van der Waals surface area contributed by atoms with Crippen LogP contribution in [0.1, 0.15) is 55.8 Å². The van der Waals surface area contributed by atoms with E-state index in [1.54, 1.807) is 11.0 Å². The minimum absolute atomic E-state index is 0.0455. The van der Waals surface area contributed by atoms with E-state index in [1.165, 1.54) is 12.3 Å². The number of hydrogen-bond acceptors (Lipinski definition) is 6. The van der Waals surface area contributed by atoms with Crippen LogP contribution in [0, 0.1) is 0 Å². The first-order chi connectivity index (χ1) is 15.5. The van der Waals surface area contributed by atoms with Crippen molar-refractivity contribution in [1.29, 1.82) is 0 Å². The smallest absolute Gasteiger partial charge is 0.290 e. The first-order valence-corrected chi connectivity index (χ1v) is 11.3. The van der Waals surface area contributed by atoms with E-state index >= 15 is 0 Å². The molecule has 0 unspecified atom stereocenters. The molecule has 1 aromatic heterocycles. The summed E-state index contributed by atoms with van der Waals surface area (Å²) >= 11 is 0. The Morgan fingerprint density at radius 2 is 1.88 bits per heavy atom. The highest BCUT2D eigenvalue weighted by Crippen LogP contribution is 2.39. The number of aliphatic hydroxyl groups is 1. The number of unbranched alkanes of at least 4 members (excludes halogenated alkanes) is 1. The van der Waals surface area contributed by atoms with Crippen molar-refractivity contribution in [3.63, 3.8) is 0 Å². The van der Waals surface area contributed by atoms with Gasteiger partial charge in [-0.3, -0.25) is 9.59 Å². The fraction of sp³-hybridized carbons (Fsp3) is 0.440. The number of furan rings is 1. The number of aliphatic hydroxyl groups excluding tert-OH is 1. The molecule has 1 N–H and O–H groups in total. The van der Waals surface area contributed by atoms with E-state index in [0.29, 0.717) is 19.7 Å². The van der Waals surface area contributed by atoms with Crippen molar-refractivity contribution in [3.8, 4) is 5.75 Å². The van der Waals surface area contributed by atoms with Crippen LogP contribution in [-0.4, -0.2) is 59.4 Å². The summed E-state index contributed by atoms with van der Waals surface area (Å²) in [5.74, 6) is -0.721. The quantitative estimate of drug-likeness (QED) is 0.390. The Balaban J connectivity index is 1.92. The Hall–Kier alpha value is -3.06. The molecule has 2 heterocycles. The lowest BCUT2D eigenvalue weighted by molar-refractivity contribution is -0.129. The third-order valence-electron chi connectivity index (χ3n) is 5.81. The molecule has 7 nitrogen and oxygen atoms in total. The predicted octanol–water partition coefficient (Wildman–Crippen LogP) is 4.38. The number of ketones is 1. The molecule has 0 aliphatic carbocycles. The molecule has 0 fully saturated rings. The second kappa shape index (κ2) is 11.0. The van der Waals surface area contributed by atoms with E-state index in [9.17, 15) is 14.7 Å². The summed E-state index contributed by atoms with van der Waals surface area (Å²) in [6.07, 6.45) is 3.42. The van der Waals surface area contributed by atoms with Gasteiger partial charge in [0.25, 0.3) is 5.91 Å². The number of benzene rings is 1.